The molecule has 1 saturated heterocycles. The molecule has 0 saturated carbocycles. The highest BCUT2D eigenvalue weighted by Gasteiger charge is 2.65. The predicted octanol–water partition coefficient (Wildman–Crippen LogP) is 3.23. The third-order valence-electron chi connectivity index (χ3n) is 7.18. The number of halogens is 3. The molecule has 0 radical (unpaired) electrons. The molecule has 2 aromatic rings. The second kappa shape index (κ2) is 10.3. The molecule has 5 atom stereocenters. The van der Waals surface area contributed by atoms with Crippen LogP contribution in [0.5, 0.6) is 0 Å². The Labute approximate surface area is 219 Å². The van der Waals surface area contributed by atoms with Crippen molar-refractivity contribution in [2.45, 2.75) is 63.1 Å². The number of benzene rings is 2. The first-order valence-electron chi connectivity index (χ1n) is 12.3. The summed E-state index contributed by atoms with van der Waals surface area (Å²) in [6, 6.07) is 7.32. The number of aliphatic hydroxyl groups excluding tert-OH is 2. The molecular weight excluding hydrogens is 504 g/mol. The van der Waals surface area contributed by atoms with Gasteiger partial charge in [-0.1, -0.05) is 44.5 Å². The molecule has 2 heterocycles. The molecule has 10 heteroatoms. The fourth-order valence-corrected chi connectivity index (χ4v) is 5.90. The van der Waals surface area contributed by atoms with Crippen LogP contribution in [-0.4, -0.2) is 53.4 Å². The SMILES string of the molecule is CC(C)(C)C[C@H]1N[C@@H](C(=O)NCC[C@H](O)CO)[C@H](c2cccc(Cl)c2)[C@@]12C(=O)Nc1cc(F)c(F)cc12. The van der Waals surface area contributed by atoms with E-state index < -0.39 is 59.6 Å². The standard InChI is InChI=1S/C27H32ClF2N3O4/c1-26(2,3)12-21-27(17-10-18(29)19(30)11-20(17)32-25(27)37)22(14-5-4-6-15(28)9-14)23(33-21)24(36)31-8-7-16(35)13-34/h4-6,9-11,16,21-23,33-35H,7-8,12-13H2,1-3H3,(H,31,36)(H,32,37)/t16-,21+,22-,23+,27-/m0/s1. The minimum atomic E-state index is -1.44. The minimum Gasteiger partial charge on any atom is -0.394 e. The van der Waals surface area contributed by atoms with E-state index >= 15 is 0 Å². The molecule has 200 valence electrons. The Balaban J connectivity index is 1.89. The highest BCUT2D eigenvalue weighted by molar-refractivity contribution is 6.30. The van der Waals surface area contributed by atoms with Gasteiger partial charge >= 0.3 is 0 Å². The van der Waals surface area contributed by atoms with Crippen molar-refractivity contribution in [3.05, 3.63) is 64.2 Å². The molecule has 2 aliphatic rings. The maximum absolute atomic E-state index is 14.6. The van der Waals surface area contributed by atoms with Gasteiger partial charge in [0, 0.05) is 35.3 Å². The van der Waals surface area contributed by atoms with Crippen molar-refractivity contribution in [2.24, 2.45) is 5.41 Å². The number of amides is 2. The van der Waals surface area contributed by atoms with Crippen molar-refractivity contribution in [1.82, 2.24) is 10.6 Å². The zero-order valence-electron chi connectivity index (χ0n) is 20.9. The van der Waals surface area contributed by atoms with E-state index in [1.807, 2.05) is 20.8 Å². The van der Waals surface area contributed by atoms with Gasteiger partial charge in [0.15, 0.2) is 11.6 Å². The molecule has 5 N–H and O–H groups in total. The second-order valence-electron chi connectivity index (χ2n) is 11.0. The second-order valence-corrected chi connectivity index (χ2v) is 11.5. The molecule has 0 aromatic heterocycles. The van der Waals surface area contributed by atoms with Crippen LogP contribution >= 0.6 is 11.6 Å². The molecule has 2 aromatic carbocycles. The predicted molar refractivity (Wildman–Crippen MR) is 136 cm³/mol. The number of aliphatic hydroxyl groups is 2. The summed E-state index contributed by atoms with van der Waals surface area (Å²) in [5.41, 5.74) is -0.673. The maximum atomic E-state index is 14.6. The molecule has 0 aliphatic carbocycles. The van der Waals surface area contributed by atoms with Crippen molar-refractivity contribution in [2.75, 3.05) is 18.5 Å². The molecule has 37 heavy (non-hydrogen) atoms. The Morgan fingerprint density at radius 1 is 1.22 bits per heavy atom. The van der Waals surface area contributed by atoms with Gasteiger partial charge in [-0.15, -0.1) is 0 Å². The molecule has 0 bridgehead atoms. The third kappa shape index (κ3) is 5.10. The van der Waals surface area contributed by atoms with Crippen LogP contribution in [0.15, 0.2) is 36.4 Å². The summed E-state index contributed by atoms with van der Waals surface area (Å²) in [7, 11) is 0. The molecule has 1 spiro atoms. The van der Waals surface area contributed by atoms with Crippen molar-refractivity contribution >= 4 is 29.1 Å². The van der Waals surface area contributed by atoms with Gasteiger partial charge in [-0.3, -0.25) is 9.59 Å². The van der Waals surface area contributed by atoms with Gasteiger partial charge in [0.2, 0.25) is 11.8 Å². The number of carbonyl (C=O) groups is 2. The van der Waals surface area contributed by atoms with E-state index in [1.54, 1.807) is 24.3 Å². The highest BCUT2D eigenvalue weighted by atomic mass is 35.5. The van der Waals surface area contributed by atoms with Gasteiger partial charge in [-0.05, 0) is 47.6 Å². The Bertz CT molecular complexity index is 1200. The third-order valence-corrected chi connectivity index (χ3v) is 7.41. The highest BCUT2D eigenvalue weighted by Crippen LogP contribution is 2.56. The molecule has 2 amide bonds. The van der Waals surface area contributed by atoms with Crippen molar-refractivity contribution < 1.29 is 28.6 Å². The van der Waals surface area contributed by atoms with Gasteiger partial charge in [0.05, 0.1) is 18.8 Å². The van der Waals surface area contributed by atoms with E-state index in [0.29, 0.717) is 17.0 Å². The monoisotopic (exact) mass is 535 g/mol. The number of anilines is 1. The molecule has 1 fully saturated rings. The van der Waals surface area contributed by atoms with Gasteiger partial charge < -0.3 is 26.2 Å². The topological polar surface area (TPSA) is 111 Å². The maximum Gasteiger partial charge on any atom is 0.237 e. The largest absolute Gasteiger partial charge is 0.394 e. The fraction of sp³-hybridized carbons (Fsp3) is 0.481. The van der Waals surface area contributed by atoms with Crippen LogP contribution < -0.4 is 16.0 Å². The lowest BCUT2D eigenvalue weighted by Crippen LogP contribution is -2.49. The lowest BCUT2D eigenvalue weighted by molar-refractivity contribution is -0.124. The summed E-state index contributed by atoms with van der Waals surface area (Å²) in [5, 5.41) is 28.1. The summed E-state index contributed by atoms with van der Waals surface area (Å²) in [6.45, 7) is 5.66. The Morgan fingerprint density at radius 2 is 1.92 bits per heavy atom. The lowest BCUT2D eigenvalue weighted by atomic mass is 9.62. The molecule has 7 nitrogen and oxygen atoms in total. The smallest absolute Gasteiger partial charge is 0.237 e. The Morgan fingerprint density at radius 3 is 2.57 bits per heavy atom. The minimum absolute atomic E-state index is 0.0978. The molecule has 4 rings (SSSR count). The van der Waals surface area contributed by atoms with Gasteiger partial charge in [-0.25, -0.2) is 8.78 Å². The van der Waals surface area contributed by atoms with E-state index in [4.69, 9.17) is 16.7 Å². The van der Waals surface area contributed by atoms with Crippen molar-refractivity contribution in [3.8, 4) is 0 Å². The van der Waals surface area contributed by atoms with Gasteiger partial charge in [-0.2, -0.15) is 0 Å². The Kier molecular flexibility index (Phi) is 7.63. The molecule has 0 unspecified atom stereocenters. The fourth-order valence-electron chi connectivity index (χ4n) is 5.70. The van der Waals surface area contributed by atoms with Gasteiger partial charge in [0.1, 0.15) is 5.41 Å². The van der Waals surface area contributed by atoms with E-state index in [0.717, 1.165) is 12.1 Å². The lowest BCUT2D eigenvalue weighted by Gasteiger charge is -2.37. The zero-order chi connectivity index (χ0) is 27.1. The van der Waals surface area contributed by atoms with Crippen LogP contribution in [0.1, 0.15) is 50.7 Å². The quantitative estimate of drug-likeness (QED) is 0.374. The van der Waals surface area contributed by atoms with Crippen LogP contribution in [0, 0.1) is 17.0 Å². The van der Waals surface area contributed by atoms with Crippen molar-refractivity contribution in [3.63, 3.8) is 0 Å². The first kappa shape index (κ1) is 27.4. The van der Waals surface area contributed by atoms with Crippen LogP contribution in [0.4, 0.5) is 14.5 Å². The summed E-state index contributed by atoms with van der Waals surface area (Å²) in [4.78, 5) is 27.5. The van der Waals surface area contributed by atoms with E-state index in [-0.39, 0.29) is 29.6 Å². The number of rotatable bonds is 7. The average Bonchev–Trinajstić information content (AvgIpc) is 3.28. The van der Waals surface area contributed by atoms with E-state index in [1.165, 1.54) is 0 Å². The van der Waals surface area contributed by atoms with Crippen molar-refractivity contribution in [1.29, 1.82) is 0 Å². The summed E-state index contributed by atoms with van der Waals surface area (Å²) >= 11 is 6.32. The van der Waals surface area contributed by atoms with Crippen LogP contribution in [0.2, 0.25) is 5.02 Å². The van der Waals surface area contributed by atoms with E-state index in [9.17, 15) is 23.5 Å². The molecular formula is C27H32ClF2N3O4. The average molecular weight is 536 g/mol. The number of nitrogens with one attached hydrogen (secondary N) is 3. The normalized spacial score (nSPS) is 25.7. The van der Waals surface area contributed by atoms with Gasteiger partial charge in [0.25, 0.3) is 0 Å². The number of carbonyl (C=O) groups excluding carboxylic acids is 2. The number of hydrogen-bond donors (Lipinski definition) is 5. The summed E-state index contributed by atoms with van der Waals surface area (Å²) in [5.74, 6) is -3.85. The summed E-state index contributed by atoms with van der Waals surface area (Å²) < 4.78 is 28.8. The zero-order valence-corrected chi connectivity index (χ0v) is 21.7. The van der Waals surface area contributed by atoms with E-state index in [2.05, 4.69) is 16.0 Å². The number of fused-ring (bicyclic) bond motifs is 2. The van der Waals surface area contributed by atoms with Crippen LogP contribution in [-0.2, 0) is 15.0 Å². The number of hydrogen-bond acceptors (Lipinski definition) is 5. The molecule has 2 aliphatic heterocycles. The first-order valence-corrected chi connectivity index (χ1v) is 12.7. The first-order chi connectivity index (χ1) is 17.4. The van der Waals surface area contributed by atoms with Crippen LogP contribution in [0.25, 0.3) is 0 Å². The Hall–Kier alpha value is -2.59. The van der Waals surface area contributed by atoms with Crippen LogP contribution in [0.3, 0.4) is 0 Å². The summed E-state index contributed by atoms with van der Waals surface area (Å²) in [6.07, 6.45) is -0.393.